The Morgan fingerprint density at radius 1 is 1.11 bits per heavy atom. The molecular weight excluding hydrogens is 397 g/mol. The highest BCUT2D eigenvalue weighted by Gasteiger charge is 2.59. The van der Waals surface area contributed by atoms with E-state index in [4.69, 9.17) is 0 Å². The molecule has 2 fully saturated rings. The van der Waals surface area contributed by atoms with Gasteiger partial charge in [0.05, 0.1) is 12.5 Å². The average Bonchev–Trinajstić information content (AvgIpc) is 3.31. The first kappa shape index (κ1) is 19.4. The molecule has 4 heterocycles. The maximum atomic E-state index is 13.7. The van der Waals surface area contributed by atoms with Gasteiger partial charge in [-0.25, -0.2) is 0 Å². The van der Waals surface area contributed by atoms with Gasteiger partial charge >= 0.3 is 6.18 Å². The topological polar surface area (TPSA) is 51.0 Å². The van der Waals surface area contributed by atoms with Gasteiger partial charge in [-0.1, -0.05) is 6.42 Å². The second-order valence-corrected chi connectivity index (χ2v) is 10.4. The van der Waals surface area contributed by atoms with Gasteiger partial charge in [0, 0.05) is 31.0 Å². The molecule has 2 saturated heterocycles. The summed E-state index contributed by atoms with van der Waals surface area (Å²) in [5, 5.41) is 8.64. The zero-order valence-corrected chi connectivity index (χ0v) is 16.6. The van der Waals surface area contributed by atoms with Crippen molar-refractivity contribution in [3.05, 3.63) is 11.6 Å². The van der Waals surface area contributed by atoms with E-state index in [0.29, 0.717) is 18.1 Å². The highest BCUT2D eigenvalue weighted by molar-refractivity contribution is 8.21. The van der Waals surface area contributed by atoms with Crippen LogP contribution in [-0.4, -0.2) is 53.9 Å². The third-order valence-electron chi connectivity index (χ3n) is 5.58. The van der Waals surface area contributed by atoms with Crippen LogP contribution in [0.25, 0.3) is 0 Å². The number of carbonyl (C=O) groups is 1. The van der Waals surface area contributed by atoms with Gasteiger partial charge in [0.15, 0.2) is 9.90 Å². The second kappa shape index (κ2) is 7.50. The van der Waals surface area contributed by atoms with E-state index in [2.05, 4.69) is 14.8 Å². The third-order valence-corrected chi connectivity index (χ3v) is 9.05. The van der Waals surface area contributed by atoms with Crippen molar-refractivity contribution >= 4 is 29.4 Å². The molecule has 0 spiro atoms. The minimum atomic E-state index is -4.39. The number of alkyl halides is 3. The summed E-state index contributed by atoms with van der Waals surface area (Å²) >= 11 is 1.73. The van der Waals surface area contributed by atoms with Crippen molar-refractivity contribution in [2.75, 3.05) is 18.1 Å². The fourth-order valence-electron chi connectivity index (χ4n) is 4.21. The van der Waals surface area contributed by atoms with Crippen LogP contribution in [0, 0.1) is 0 Å². The standard InChI is InChI=1S/C17H23F3N4OS2/c18-17(19,20)16(26-9-10-27-16)11-14(25)23-8-4-5-12(23)15-22-21-13-6-2-1-3-7-24(13)15/h12H,1-11H2. The number of hydrogen-bond donors (Lipinski definition) is 0. The highest BCUT2D eigenvalue weighted by Crippen LogP contribution is 2.56. The fourth-order valence-corrected chi connectivity index (χ4v) is 7.15. The van der Waals surface area contributed by atoms with Crippen LogP contribution in [0.4, 0.5) is 13.2 Å². The average molecular weight is 421 g/mol. The van der Waals surface area contributed by atoms with E-state index in [-0.39, 0.29) is 6.04 Å². The zero-order chi connectivity index (χ0) is 19.1. The van der Waals surface area contributed by atoms with Crippen molar-refractivity contribution in [1.29, 1.82) is 0 Å². The summed E-state index contributed by atoms with van der Waals surface area (Å²) in [5.74, 6) is 2.14. The maximum Gasteiger partial charge on any atom is 0.412 e. The number of aromatic nitrogens is 3. The fraction of sp³-hybridized carbons (Fsp3) is 0.824. The molecule has 1 aromatic rings. The highest BCUT2D eigenvalue weighted by atomic mass is 32.2. The lowest BCUT2D eigenvalue weighted by Crippen LogP contribution is -2.43. The molecule has 150 valence electrons. The molecule has 0 bridgehead atoms. The lowest BCUT2D eigenvalue weighted by atomic mass is 10.2. The monoisotopic (exact) mass is 420 g/mol. The number of likely N-dealkylation sites (tertiary alicyclic amines) is 1. The smallest absolute Gasteiger partial charge is 0.332 e. The number of carbonyl (C=O) groups excluding carboxylic acids is 1. The lowest BCUT2D eigenvalue weighted by molar-refractivity contribution is -0.151. The summed E-state index contributed by atoms with van der Waals surface area (Å²) in [4.78, 5) is 14.6. The van der Waals surface area contributed by atoms with Crippen LogP contribution >= 0.6 is 23.5 Å². The van der Waals surface area contributed by atoms with Crippen LogP contribution < -0.4 is 0 Å². The largest absolute Gasteiger partial charge is 0.412 e. The second-order valence-electron chi connectivity index (χ2n) is 7.31. The van der Waals surface area contributed by atoms with Crippen molar-refractivity contribution in [3.63, 3.8) is 0 Å². The summed E-state index contributed by atoms with van der Waals surface area (Å²) in [6, 6.07) is -0.251. The number of amides is 1. The molecule has 0 saturated carbocycles. The molecule has 0 radical (unpaired) electrons. The van der Waals surface area contributed by atoms with E-state index in [1.54, 1.807) is 4.90 Å². The molecule has 3 aliphatic heterocycles. The van der Waals surface area contributed by atoms with Gasteiger partial charge in [-0.2, -0.15) is 13.2 Å². The van der Waals surface area contributed by atoms with E-state index in [1.807, 2.05) is 0 Å². The van der Waals surface area contributed by atoms with Crippen LogP contribution in [0.3, 0.4) is 0 Å². The Morgan fingerprint density at radius 2 is 1.89 bits per heavy atom. The van der Waals surface area contributed by atoms with Crippen molar-refractivity contribution in [1.82, 2.24) is 19.7 Å². The first-order valence-corrected chi connectivity index (χ1v) is 11.4. The molecule has 4 rings (SSSR count). The molecule has 0 aromatic carbocycles. The van der Waals surface area contributed by atoms with E-state index in [1.165, 1.54) is 0 Å². The molecule has 5 nitrogen and oxygen atoms in total. The molecular formula is C17H23F3N4OS2. The minimum Gasteiger partial charge on any atom is -0.332 e. The van der Waals surface area contributed by atoms with Gasteiger partial charge in [-0.3, -0.25) is 4.79 Å². The maximum absolute atomic E-state index is 13.7. The number of hydrogen-bond acceptors (Lipinski definition) is 5. The van der Waals surface area contributed by atoms with Gasteiger partial charge in [0.1, 0.15) is 5.82 Å². The van der Waals surface area contributed by atoms with Crippen molar-refractivity contribution < 1.29 is 18.0 Å². The van der Waals surface area contributed by atoms with Crippen LogP contribution in [0.5, 0.6) is 0 Å². The predicted octanol–water partition coefficient (Wildman–Crippen LogP) is 3.80. The molecule has 1 amide bonds. The Morgan fingerprint density at radius 3 is 2.63 bits per heavy atom. The van der Waals surface area contributed by atoms with E-state index in [0.717, 1.165) is 80.2 Å². The van der Waals surface area contributed by atoms with E-state index < -0.39 is 22.6 Å². The summed E-state index contributed by atoms with van der Waals surface area (Å²) in [7, 11) is 0. The Hall–Kier alpha value is -0.900. The molecule has 1 unspecified atom stereocenters. The number of aryl methyl sites for hydroxylation is 1. The molecule has 0 N–H and O–H groups in total. The first-order chi connectivity index (χ1) is 12.9. The summed E-state index contributed by atoms with van der Waals surface area (Å²) < 4.78 is 41.1. The molecule has 1 aromatic heterocycles. The third kappa shape index (κ3) is 3.59. The lowest BCUT2D eigenvalue weighted by Gasteiger charge is -2.32. The number of nitrogens with zero attached hydrogens (tertiary/aromatic N) is 4. The number of rotatable bonds is 3. The van der Waals surface area contributed by atoms with Crippen molar-refractivity contribution in [3.8, 4) is 0 Å². The van der Waals surface area contributed by atoms with Gasteiger partial charge in [-0.15, -0.1) is 33.7 Å². The first-order valence-electron chi connectivity index (χ1n) is 9.47. The van der Waals surface area contributed by atoms with Gasteiger partial charge in [-0.05, 0) is 25.7 Å². The quantitative estimate of drug-likeness (QED) is 0.745. The van der Waals surface area contributed by atoms with Crippen molar-refractivity contribution in [2.24, 2.45) is 0 Å². The minimum absolute atomic E-state index is 0.251. The van der Waals surface area contributed by atoms with Crippen LogP contribution in [0.15, 0.2) is 0 Å². The normalized spacial score (nSPS) is 25.4. The summed E-state index contributed by atoms with van der Waals surface area (Å²) in [6.07, 6.45) is 0.772. The number of halogens is 3. The van der Waals surface area contributed by atoms with Crippen molar-refractivity contribution in [2.45, 2.75) is 67.8 Å². The molecule has 0 aliphatic carbocycles. The molecule has 3 aliphatic rings. The molecule has 10 heteroatoms. The van der Waals surface area contributed by atoms with Crippen LogP contribution in [0.2, 0.25) is 0 Å². The van der Waals surface area contributed by atoms with Crippen LogP contribution in [-0.2, 0) is 17.8 Å². The number of fused-ring (bicyclic) bond motifs is 1. The van der Waals surface area contributed by atoms with Crippen LogP contribution in [0.1, 0.15) is 56.2 Å². The predicted molar refractivity (Wildman–Crippen MR) is 99.6 cm³/mol. The molecule has 1 atom stereocenters. The number of thioether (sulfide) groups is 2. The Balaban J connectivity index is 1.55. The van der Waals surface area contributed by atoms with Gasteiger partial charge in [0.25, 0.3) is 0 Å². The Kier molecular flexibility index (Phi) is 5.39. The van der Waals surface area contributed by atoms with E-state index in [9.17, 15) is 18.0 Å². The van der Waals surface area contributed by atoms with Gasteiger partial charge in [0.2, 0.25) is 5.91 Å². The summed E-state index contributed by atoms with van der Waals surface area (Å²) in [5.41, 5.74) is 0. The van der Waals surface area contributed by atoms with E-state index >= 15 is 0 Å². The Bertz CT molecular complexity index is 703. The summed E-state index contributed by atoms with van der Waals surface area (Å²) in [6.45, 7) is 1.32. The zero-order valence-electron chi connectivity index (χ0n) is 15.0. The molecule has 27 heavy (non-hydrogen) atoms. The van der Waals surface area contributed by atoms with Gasteiger partial charge < -0.3 is 9.47 Å². The SMILES string of the molecule is O=C(CC1(C(F)(F)F)SCCS1)N1CCCC1c1nnc2n1CCCCC2. The Labute approximate surface area is 164 Å².